The molecule has 0 aromatic heterocycles. The van der Waals surface area contributed by atoms with Crippen molar-refractivity contribution in [3.8, 4) is 11.5 Å². The van der Waals surface area contributed by atoms with Crippen LogP contribution >= 0.6 is 0 Å². The highest BCUT2D eigenvalue weighted by Gasteiger charge is 2.33. The molecule has 1 aromatic carbocycles. The molecule has 1 atom stereocenters. The van der Waals surface area contributed by atoms with Crippen molar-refractivity contribution in [1.82, 2.24) is 20.0 Å². The van der Waals surface area contributed by atoms with E-state index in [1.165, 1.54) is 0 Å². The molecular weight excluding hydrogens is 412 g/mol. The maximum Gasteiger partial charge on any atom is 0.237 e. The van der Waals surface area contributed by atoms with Crippen molar-refractivity contribution in [2.24, 2.45) is 0 Å². The largest absolute Gasteiger partial charge is 0.493 e. The van der Waals surface area contributed by atoms with Crippen LogP contribution in [0.3, 0.4) is 0 Å². The molecule has 0 spiro atoms. The zero-order valence-corrected chi connectivity index (χ0v) is 19.5. The van der Waals surface area contributed by atoms with E-state index in [0.29, 0.717) is 37.7 Å². The lowest BCUT2D eigenvalue weighted by atomic mass is 10.1. The molecular formula is C23H36N4O5. The van der Waals surface area contributed by atoms with E-state index in [9.17, 15) is 9.59 Å². The third-order valence-electron chi connectivity index (χ3n) is 6.16. The minimum atomic E-state index is -0.506. The van der Waals surface area contributed by atoms with Crippen molar-refractivity contribution in [2.75, 3.05) is 73.7 Å². The molecule has 32 heavy (non-hydrogen) atoms. The van der Waals surface area contributed by atoms with Gasteiger partial charge in [0.05, 0.1) is 39.9 Å². The topological polar surface area (TPSA) is 83.6 Å². The first-order valence-corrected chi connectivity index (χ1v) is 11.3. The molecule has 0 saturated carbocycles. The zero-order chi connectivity index (χ0) is 22.9. The number of benzene rings is 1. The van der Waals surface area contributed by atoms with Crippen molar-refractivity contribution in [1.29, 1.82) is 0 Å². The van der Waals surface area contributed by atoms with Gasteiger partial charge in [0.25, 0.3) is 0 Å². The Morgan fingerprint density at radius 3 is 2.72 bits per heavy atom. The maximum absolute atomic E-state index is 12.9. The molecule has 1 N–H and O–H groups in total. The number of methoxy groups -OCH3 is 2. The van der Waals surface area contributed by atoms with Crippen LogP contribution in [-0.4, -0.2) is 106 Å². The molecule has 2 saturated heterocycles. The van der Waals surface area contributed by atoms with Crippen LogP contribution in [0.2, 0.25) is 0 Å². The zero-order valence-electron chi connectivity index (χ0n) is 19.5. The Labute approximate surface area is 190 Å². The van der Waals surface area contributed by atoms with Crippen molar-refractivity contribution >= 4 is 11.8 Å². The summed E-state index contributed by atoms with van der Waals surface area (Å²) in [5, 5.41) is 2.90. The summed E-state index contributed by atoms with van der Waals surface area (Å²) in [5.41, 5.74) is 0.929. The Balaban J connectivity index is 1.58. The van der Waals surface area contributed by atoms with E-state index >= 15 is 0 Å². The number of hydrogen-bond donors (Lipinski definition) is 1. The number of nitrogens with one attached hydrogen (secondary N) is 1. The molecule has 2 fully saturated rings. The fourth-order valence-electron chi connectivity index (χ4n) is 4.27. The highest BCUT2D eigenvalue weighted by atomic mass is 16.5. The first-order chi connectivity index (χ1) is 15.5. The average molecular weight is 449 g/mol. The normalized spacial score (nSPS) is 20.0. The van der Waals surface area contributed by atoms with E-state index in [4.69, 9.17) is 14.2 Å². The minimum absolute atomic E-state index is 0.0170. The maximum atomic E-state index is 12.9. The van der Waals surface area contributed by atoms with Crippen LogP contribution in [0.4, 0.5) is 0 Å². The number of ether oxygens (including phenoxy) is 3. The Kier molecular flexibility index (Phi) is 9.13. The summed E-state index contributed by atoms with van der Waals surface area (Å²) in [7, 11) is 5.03. The molecule has 2 aliphatic heterocycles. The van der Waals surface area contributed by atoms with Gasteiger partial charge in [0.2, 0.25) is 11.8 Å². The van der Waals surface area contributed by atoms with Gasteiger partial charge < -0.3 is 24.4 Å². The second-order valence-corrected chi connectivity index (χ2v) is 8.26. The van der Waals surface area contributed by atoms with E-state index in [0.717, 1.165) is 44.8 Å². The summed E-state index contributed by atoms with van der Waals surface area (Å²) < 4.78 is 16.3. The van der Waals surface area contributed by atoms with Gasteiger partial charge in [-0.2, -0.15) is 0 Å². The quantitative estimate of drug-likeness (QED) is 0.560. The number of nitrogens with zero attached hydrogens (tertiary/aromatic N) is 3. The van der Waals surface area contributed by atoms with Crippen LogP contribution in [0.1, 0.15) is 18.4 Å². The summed E-state index contributed by atoms with van der Waals surface area (Å²) in [5.74, 6) is 1.19. The molecule has 0 aliphatic carbocycles. The summed E-state index contributed by atoms with van der Waals surface area (Å²) in [6, 6.07) is 5.21. The predicted molar refractivity (Wildman–Crippen MR) is 121 cm³/mol. The summed E-state index contributed by atoms with van der Waals surface area (Å²) >= 11 is 0. The van der Waals surface area contributed by atoms with Gasteiger partial charge in [-0.05, 0) is 12.5 Å². The number of piperazine rings is 1. The van der Waals surface area contributed by atoms with Crippen LogP contribution in [0.5, 0.6) is 11.5 Å². The number of para-hydroxylation sites is 1. The Morgan fingerprint density at radius 2 is 2.00 bits per heavy atom. The molecule has 0 unspecified atom stereocenters. The van der Waals surface area contributed by atoms with Gasteiger partial charge in [-0.3, -0.25) is 19.4 Å². The molecule has 2 heterocycles. The highest BCUT2D eigenvalue weighted by molar-refractivity contribution is 5.88. The summed E-state index contributed by atoms with van der Waals surface area (Å²) in [6.45, 7) is 6.81. The first kappa shape index (κ1) is 24.3. The molecule has 3 rings (SSSR count). The van der Waals surface area contributed by atoms with E-state index in [-0.39, 0.29) is 18.2 Å². The number of rotatable bonds is 10. The molecule has 0 bridgehead atoms. The van der Waals surface area contributed by atoms with E-state index in [1.54, 1.807) is 19.1 Å². The Bertz CT molecular complexity index is 769. The average Bonchev–Trinajstić information content (AvgIpc) is 2.81. The standard InChI is InChI=1S/C23H36N4O5/c1-25(9-5-10-26-12-14-32-15-13-26)21(28)16-19-23(29)24-8-11-27(19)17-18-6-4-7-20(30-2)22(18)31-3/h4,6-7,19H,5,8-17H2,1-3H3,(H,24,29)/t19-/m1/s1. The fraction of sp³-hybridized carbons (Fsp3) is 0.652. The lowest BCUT2D eigenvalue weighted by Gasteiger charge is -2.35. The molecule has 178 valence electrons. The molecule has 9 nitrogen and oxygen atoms in total. The monoisotopic (exact) mass is 448 g/mol. The van der Waals surface area contributed by atoms with Crippen molar-refractivity contribution in [3.63, 3.8) is 0 Å². The summed E-state index contributed by atoms with van der Waals surface area (Å²) in [4.78, 5) is 31.7. The molecule has 1 aromatic rings. The van der Waals surface area contributed by atoms with Gasteiger partial charge in [-0.25, -0.2) is 0 Å². The Hall–Kier alpha value is -2.36. The first-order valence-electron chi connectivity index (χ1n) is 11.3. The van der Waals surface area contributed by atoms with Crippen LogP contribution in [0.15, 0.2) is 18.2 Å². The van der Waals surface area contributed by atoms with E-state index < -0.39 is 6.04 Å². The van der Waals surface area contributed by atoms with Crippen molar-refractivity contribution < 1.29 is 23.8 Å². The smallest absolute Gasteiger partial charge is 0.237 e. The fourth-order valence-corrected chi connectivity index (χ4v) is 4.27. The van der Waals surface area contributed by atoms with Gasteiger partial charge >= 0.3 is 0 Å². The van der Waals surface area contributed by atoms with Gasteiger partial charge in [0.1, 0.15) is 0 Å². The molecule has 9 heteroatoms. The number of carbonyl (C=O) groups excluding carboxylic acids is 2. The second kappa shape index (κ2) is 12.0. The number of hydrogen-bond acceptors (Lipinski definition) is 7. The van der Waals surface area contributed by atoms with Crippen LogP contribution in [0.25, 0.3) is 0 Å². The molecule has 0 radical (unpaired) electrons. The summed E-state index contributed by atoms with van der Waals surface area (Å²) in [6.07, 6.45) is 1.07. The second-order valence-electron chi connectivity index (χ2n) is 8.26. The van der Waals surface area contributed by atoms with E-state index in [1.807, 2.05) is 25.2 Å². The lowest BCUT2D eigenvalue weighted by molar-refractivity contribution is -0.138. The number of morpholine rings is 1. The van der Waals surface area contributed by atoms with Gasteiger partial charge in [-0.15, -0.1) is 0 Å². The number of amides is 2. The predicted octanol–water partition coefficient (Wildman–Crippen LogP) is 0.575. The van der Waals surface area contributed by atoms with Crippen molar-refractivity contribution in [2.45, 2.75) is 25.4 Å². The number of carbonyl (C=O) groups is 2. The van der Waals surface area contributed by atoms with Gasteiger partial charge in [-0.1, -0.05) is 12.1 Å². The van der Waals surface area contributed by atoms with Crippen molar-refractivity contribution in [3.05, 3.63) is 23.8 Å². The SMILES string of the molecule is COc1cccc(CN2CCNC(=O)[C@H]2CC(=O)N(C)CCCN2CCOCC2)c1OC. The Morgan fingerprint density at radius 1 is 1.22 bits per heavy atom. The van der Waals surface area contributed by atoms with Crippen LogP contribution in [0, 0.1) is 0 Å². The third kappa shape index (κ3) is 6.34. The van der Waals surface area contributed by atoms with Crippen LogP contribution < -0.4 is 14.8 Å². The van der Waals surface area contributed by atoms with Gasteiger partial charge in [0.15, 0.2) is 11.5 Å². The third-order valence-corrected chi connectivity index (χ3v) is 6.16. The molecule has 2 amide bonds. The highest BCUT2D eigenvalue weighted by Crippen LogP contribution is 2.32. The van der Waals surface area contributed by atoms with E-state index in [2.05, 4.69) is 15.1 Å². The molecule has 2 aliphatic rings. The van der Waals surface area contributed by atoms with Crippen LogP contribution in [-0.2, 0) is 20.9 Å². The van der Waals surface area contributed by atoms with Gasteiger partial charge in [0, 0.05) is 58.4 Å². The lowest BCUT2D eigenvalue weighted by Crippen LogP contribution is -2.56. The minimum Gasteiger partial charge on any atom is -0.493 e.